The second kappa shape index (κ2) is 3.41. The van der Waals surface area contributed by atoms with Crippen LogP contribution in [0.5, 0.6) is 0 Å². The van der Waals surface area contributed by atoms with Crippen LogP contribution in [0.3, 0.4) is 0 Å². The van der Waals surface area contributed by atoms with Crippen molar-refractivity contribution < 1.29 is 0 Å². The van der Waals surface area contributed by atoms with E-state index in [9.17, 15) is 0 Å². The van der Waals surface area contributed by atoms with E-state index in [1.165, 1.54) is 0 Å². The quantitative estimate of drug-likeness (QED) is 0.614. The first-order valence-corrected chi connectivity index (χ1v) is 4.95. The van der Waals surface area contributed by atoms with Crippen molar-refractivity contribution in [3.05, 3.63) is 42.9 Å². The van der Waals surface area contributed by atoms with Crippen molar-refractivity contribution >= 4 is 11.0 Å². The van der Waals surface area contributed by atoms with Gasteiger partial charge in [0.1, 0.15) is 0 Å². The fourth-order valence-electron chi connectivity index (χ4n) is 1.59. The SMILES string of the molecule is Cn1cc(-c2cnc3c[c]ccc3n2)cn1. The number of aryl methyl sites for hydroxylation is 1. The van der Waals surface area contributed by atoms with Crippen molar-refractivity contribution in [1.82, 2.24) is 19.7 Å². The zero-order valence-electron chi connectivity index (χ0n) is 8.75. The Kier molecular flexibility index (Phi) is 1.93. The van der Waals surface area contributed by atoms with Crippen molar-refractivity contribution in [3.63, 3.8) is 0 Å². The van der Waals surface area contributed by atoms with E-state index in [-0.39, 0.29) is 0 Å². The minimum atomic E-state index is 0.840. The van der Waals surface area contributed by atoms with Crippen molar-refractivity contribution in [3.8, 4) is 11.3 Å². The second-order valence-corrected chi connectivity index (χ2v) is 3.57. The fourth-order valence-corrected chi connectivity index (χ4v) is 1.59. The van der Waals surface area contributed by atoms with Gasteiger partial charge >= 0.3 is 0 Å². The first-order valence-electron chi connectivity index (χ1n) is 4.95. The highest BCUT2D eigenvalue weighted by atomic mass is 15.2. The Morgan fingerprint density at radius 2 is 2.19 bits per heavy atom. The van der Waals surface area contributed by atoms with Crippen molar-refractivity contribution in [2.75, 3.05) is 0 Å². The molecule has 0 fully saturated rings. The third-order valence-electron chi connectivity index (χ3n) is 2.39. The summed E-state index contributed by atoms with van der Waals surface area (Å²) in [6.07, 6.45) is 5.46. The zero-order valence-corrected chi connectivity index (χ0v) is 8.75. The molecule has 0 saturated heterocycles. The van der Waals surface area contributed by atoms with E-state index < -0.39 is 0 Å². The minimum absolute atomic E-state index is 0.840. The van der Waals surface area contributed by atoms with Crippen LogP contribution in [0.15, 0.2) is 36.8 Å². The van der Waals surface area contributed by atoms with E-state index in [4.69, 9.17) is 0 Å². The number of benzene rings is 1. The molecular formula is C12H9N4. The fraction of sp³-hybridized carbons (Fsp3) is 0.0833. The highest BCUT2D eigenvalue weighted by molar-refractivity contribution is 5.76. The van der Waals surface area contributed by atoms with Gasteiger partial charge in [-0.15, -0.1) is 0 Å². The maximum Gasteiger partial charge on any atom is 0.0924 e. The van der Waals surface area contributed by atoms with Crippen LogP contribution in [0.4, 0.5) is 0 Å². The Morgan fingerprint density at radius 1 is 1.25 bits per heavy atom. The van der Waals surface area contributed by atoms with Crippen LogP contribution in [0.2, 0.25) is 0 Å². The van der Waals surface area contributed by atoms with Crippen LogP contribution in [0.25, 0.3) is 22.3 Å². The van der Waals surface area contributed by atoms with Crippen molar-refractivity contribution in [2.24, 2.45) is 7.05 Å². The van der Waals surface area contributed by atoms with E-state index in [0.29, 0.717) is 0 Å². The first-order chi connectivity index (χ1) is 7.83. The normalized spacial score (nSPS) is 10.8. The molecule has 3 aromatic rings. The summed E-state index contributed by atoms with van der Waals surface area (Å²) < 4.78 is 1.75. The summed E-state index contributed by atoms with van der Waals surface area (Å²) in [5.74, 6) is 0. The molecule has 16 heavy (non-hydrogen) atoms. The van der Waals surface area contributed by atoms with Gasteiger partial charge in [-0.25, -0.2) is 4.98 Å². The molecular weight excluding hydrogens is 200 g/mol. The molecule has 0 bridgehead atoms. The minimum Gasteiger partial charge on any atom is -0.275 e. The first kappa shape index (κ1) is 9.03. The summed E-state index contributed by atoms with van der Waals surface area (Å²) in [6.45, 7) is 0. The van der Waals surface area contributed by atoms with Gasteiger partial charge in [-0.2, -0.15) is 5.10 Å². The van der Waals surface area contributed by atoms with Crippen LogP contribution < -0.4 is 0 Å². The van der Waals surface area contributed by atoms with E-state index in [2.05, 4.69) is 21.1 Å². The van der Waals surface area contributed by atoms with Gasteiger partial charge in [-0.05, 0) is 18.2 Å². The van der Waals surface area contributed by atoms with Crippen molar-refractivity contribution in [1.29, 1.82) is 0 Å². The third kappa shape index (κ3) is 1.44. The van der Waals surface area contributed by atoms with E-state index >= 15 is 0 Å². The molecule has 2 aromatic heterocycles. The molecule has 0 aliphatic carbocycles. The zero-order chi connectivity index (χ0) is 11.0. The van der Waals surface area contributed by atoms with E-state index in [1.807, 2.05) is 31.4 Å². The van der Waals surface area contributed by atoms with E-state index in [1.54, 1.807) is 17.1 Å². The number of hydrogen-bond donors (Lipinski definition) is 0. The number of aromatic nitrogens is 4. The lowest BCUT2D eigenvalue weighted by atomic mass is 10.2. The lowest BCUT2D eigenvalue weighted by molar-refractivity contribution is 0.768. The van der Waals surface area contributed by atoms with Gasteiger partial charge in [0.25, 0.3) is 0 Å². The third-order valence-corrected chi connectivity index (χ3v) is 2.39. The Morgan fingerprint density at radius 3 is 3.00 bits per heavy atom. The lowest BCUT2D eigenvalue weighted by Crippen LogP contribution is -1.87. The summed E-state index contributed by atoms with van der Waals surface area (Å²) in [7, 11) is 1.88. The van der Waals surface area contributed by atoms with Gasteiger partial charge in [0.05, 0.1) is 29.1 Å². The molecule has 0 amide bonds. The Hall–Kier alpha value is -2.23. The number of hydrogen-bond acceptors (Lipinski definition) is 3. The van der Waals surface area contributed by atoms with Crippen LogP contribution >= 0.6 is 0 Å². The molecule has 0 atom stereocenters. The molecule has 1 radical (unpaired) electrons. The molecule has 4 nitrogen and oxygen atoms in total. The van der Waals surface area contributed by atoms with Gasteiger partial charge < -0.3 is 0 Å². The lowest BCUT2D eigenvalue weighted by Gasteiger charge is -1.98. The average molecular weight is 209 g/mol. The molecule has 0 saturated carbocycles. The van der Waals surface area contributed by atoms with Gasteiger partial charge in [0, 0.05) is 18.8 Å². The number of rotatable bonds is 1. The van der Waals surface area contributed by atoms with Crippen LogP contribution in [0, 0.1) is 6.07 Å². The Bertz CT molecular complexity index is 642. The largest absolute Gasteiger partial charge is 0.275 e. The molecule has 77 valence electrons. The summed E-state index contributed by atoms with van der Waals surface area (Å²) in [5, 5.41) is 4.12. The monoisotopic (exact) mass is 209 g/mol. The molecule has 4 heteroatoms. The second-order valence-electron chi connectivity index (χ2n) is 3.57. The average Bonchev–Trinajstić information content (AvgIpc) is 2.75. The van der Waals surface area contributed by atoms with E-state index in [0.717, 1.165) is 22.3 Å². The summed E-state index contributed by atoms with van der Waals surface area (Å²) >= 11 is 0. The van der Waals surface area contributed by atoms with Crippen LogP contribution in [0.1, 0.15) is 0 Å². The standard InChI is InChI=1S/C12H9N4/c1-16-8-9(6-14-16)12-7-13-10-4-2-3-5-11(10)15-12/h3-8H,1H3. The Balaban J connectivity index is 2.18. The highest BCUT2D eigenvalue weighted by Crippen LogP contribution is 2.17. The molecule has 0 aliphatic heterocycles. The van der Waals surface area contributed by atoms with Gasteiger partial charge in [0.2, 0.25) is 0 Å². The topological polar surface area (TPSA) is 43.6 Å². The molecule has 3 rings (SSSR count). The molecule has 1 aromatic carbocycles. The predicted molar refractivity (Wildman–Crippen MR) is 60.6 cm³/mol. The molecule has 2 heterocycles. The summed E-state index contributed by atoms with van der Waals surface area (Å²) in [6, 6.07) is 8.55. The van der Waals surface area contributed by atoms with Gasteiger partial charge in [-0.1, -0.05) is 6.07 Å². The summed E-state index contributed by atoms with van der Waals surface area (Å²) in [5.41, 5.74) is 3.55. The number of fused-ring (bicyclic) bond motifs is 1. The molecule has 0 unspecified atom stereocenters. The van der Waals surface area contributed by atoms with Crippen LogP contribution in [-0.4, -0.2) is 19.7 Å². The predicted octanol–water partition coefficient (Wildman–Crippen LogP) is 1.83. The van der Waals surface area contributed by atoms with Crippen LogP contribution in [-0.2, 0) is 7.05 Å². The number of nitrogens with zero attached hydrogens (tertiary/aromatic N) is 4. The highest BCUT2D eigenvalue weighted by Gasteiger charge is 2.03. The van der Waals surface area contributed by atoms with Gasteiger partial charge in [0.15, 0.2) is 0 Å². The molecule has 0 aliphatic rings. The van der Waals surface area contributed by atoms with Gasteiger partial charge in [-0.3, -0.25) is 9.67 Å². The molecule has 0 spiro atoms. The smallest absolute Gasteiger partial charge is 0.0924 e. The maximum atomic E-state index is 4.52. The maximum absolute atomic E-state index is 4.52. The Labute approximate surface area is 92.6 Å². The summed E-state index contributed by atoms with van der Waals surface area (Å²) in [4.78, 5) is 8.86. The molecule has 0 N–H and O–H groups in total. The van der Waals surface area contributed by atoms with Crippen molar-refractivity contribution in [2.45, 2.75) is 0 Å².